The van der Waals surface area contributed by atoms with Gasteiger partial charge in [0.05, 0.1) is 11.0 Å². The Morgan fingerprint density at radius 3 is 2.55 bits per heavy atom. The van der Waals surface area contributed by atoms with Crippen molar-refractivity contribution in [2.45, 2.75) is 30.4 Å². The molecule has 1 unspecified atom stereocenters. The molecule has 1 aromatic carbocycles. The number of benzene rings is 1. The van der Waals surface area contributed by atoms with Gasteiger partial charge in [0, 0.05) is 13.0 Å². The van der Waals surface area contributed by atoms with Crippen molar-refractivity contribution in [3.63, 3.8) is 0 Å². The Bertz CT molecular complexity index is 600. The molecule has 1 fully saturated rings. The van der Waals surface area contributed by atoms with Crippen LogP contribution in [0, 0.1) is 6.92 Å². The average Bonchev–Trinajstić information content (AvgIpc) is 2.81. The molecule has 0 bridgehead atoms. The van der Waals surface area contributed by atoms with Crippen molar-refractivity contribution in [3.05, 3.63) is 29.8 Å². The smallest absolute Gasteiger partial charge is 0.252 e. The van der Waals surface area contributed by atoms with Crippen LogP contribution in [0.4, 0.5) is 0 Å². The lowest BCUT2D eigenvalue weighted by atomic mass is 10.2. The topological polar surface area (TPSA) is 113 Å². The molecule has 1 saturated heterocycles. The molecule has 0 spiro atoms. The Hall–Kier alpha value is -1.48. The van der Waals surface area contributed by atoms with Gasteiger partial charge in [-0.05, 0) is 19.1 Å². The number of aliphatic hydroxyl groups is 1. The van der Waals surface area contributed by atoms with Crippen molar-refractivity contribution in [2.24, 2.45) is 5.84 Å². The largest absolute Gasteiger partial charge is 0.392 e. The van der Waals surface area contributed by atoms with Gasteiger partial charge in [-0.25, -0.2) is 14.3 Å². The highest BCUT2D eigenvalue weighted by molar-refractivity contribution is 7.89. The van der Waals surface area contributed by atoms with Crippen LogP contribution in [0.1, 0.15) is 12.0 Å². The second kappa shape index (κ2) is 5.49. The molecule has 0 aliphatic carbocycles. The van der Waals surface area contributed by atoms with E-state index in [1.165, 1.54) is 12.1 Å². The number of hydrogen-bond donors (Lipinski definition) is 3. The molecule has 2 atom stereocenters. The van der Waals surface area contributed by atoms with Gasteiger partial charge >= 0.3 is 0 Å². The molecule has 7 nitrogen and oxygen atoms in total. The zero-order chi connectivity index (χ0) is 14.9. The Labute approximate surface area is 117 Å². The maximum atomic E-state index is 12.5. The number of hydrogen-bond acceptors (Lipinski definition) is 5. The third-order valence-corrected chi connectivity index (χ3v) is 5.20. The Morgan fingerprint density at radius 1 is 1.40 bits per heavy atom. The van der Waals surface area contributed by atoms with Crippen LogP contribution in [0.15, 0.2) is 29.2 Å². The van der Waals surface area contributed by atoms with E-state index >= 15 is 0 Å². The quantitative estimate of drug-likeness (QED) is 0.381. The Kier molecular flexibility index (Phi) is 4.09. The number of amides is 1. The van der Waals surface area contributed by atoms with Gasteiger partial charge in [0.2, 0.25) is 10.0 Å². The Morgan fingerprint density at radius 2 is 2.00 bits per heavy atom. The summed E-state index contributed by atoms with van der Waals surface area (Å²) in [5.41, 5.74) is 2.87. The molecule has 2 rings (SSSR count). The molecule has 1 aliphatic rings. The van der Waals surface area contributed by atoms with E-state index in [9.17, 15) is 18.3 Å². The molecule has 0 aromatic heterocycles. The number of hydrazine groups is 1. The summed E-state index contributed by atoms with van der Waals surface area (Å²) in [4.78, 5) is 11.7. The Balaban J connectivity index is 2.37. The van der Waals surface area contributed by atoms with Crippen LogP contribution in [0.25, 0.3) is 0 Å². The van der Waals surface area contributed by atoms with E-state index in [4.69, 9.17) is 5.84 Å². The van der Waals surface area contributed by atoms with Crippen LogP contribution in [0.2, 0.25) is 0 Å². The zero-order valence-corrected chi connectivity index (χ0v) is 11.8. The predicted octanol–water partition coefficient (Wildman–Crippen LogP) is -0.891. The van der Waals surface area contributed by atoms with E-state index < -0.39 is 28.1 Å². The summed E-state index contributed by atoms with van der Waals surface area (Å²) in [6.45, 7) is 1.73. The first kappa shape index (κ1) is 14.9. The molecule has 1 amide bonds. The highest BCUT2D eigenvalue weighted by Crippen LogP contribution is 2.26. The van der Waals surface area contributed by atoms with Crippen LogP contribution in [-0.2, 0) is 14.8 Å². The number of nitrogens with two attached hydrogens (primary N) is 1. The van der Waals surface area contributed by atoms with Crippen LogP contribution >= 0.6 is 0 Å². The van der Waals surface area contributed by atoms with E-state index in [1.54, 1.807) is 12.1 Å². The first-order valence-corrected chi connectivity index (χ1v) is 7.57. The first-order valence-electron chi connectivity index (χ1n) is 6.13. The van der Waals surface area contributed by atoms with Crippen molar-refractivity contribution < 1.29 is 18.3 Å². The highest BCUT2D eigenvalue weighted by Gasteiger charge is 2.43. The minimum atomic E-state index is -3.84. The van der Waals surface area contributed by atoms with Crippen molar-refractivity contribution in [1.82, 2.24) is 9.73 Å². The molecule has 1 aromatic rings. The van der Waals surface area contributed by atoms with Gasteiger partial charge in [-0.2, -0.15) is 4.31 Å². The molecule has 4 N–H and O–H groups in total. The normalized spacial score (nSPS) is 23.8. The number of aryl methyl sites for hydroxylation is 1. The number of aliphatic hydroxyl groups excluding tert-OH is 1. The second-order valence-corrected chi connectivity index (χ2v) is 6.69. The molecular weight excluding hydrogens is 282 g/mol. The average molecular weight is 299 g/mol. The molecule has 0 saturated carbocycles. The summed E-state index contributed by atoms with van der Waals surface area (Å²) in [5.74, 6) is 4.43. The lowest BCUT2D eigenvalue weighted by molar-refractivity contribution is -0.124. The summed E-state index contributed by atoms with van der Waals surface area (Å²) in [7, 11) is -3.84. The van der Waals surface area contributed by atoms with E-state index in [-0.39, 0.29) is 17.9 Å². The van der Waals surface area contributed by atoms with Crippen molar-refractivity contribution in [2.75, 3.05) is 6.54 Å². The predicted molar refractivity (Wildman–Crippen MR) is 71.8 cm³/mol. The number of nitrogens with zero attached hydrogens (tertiary/aromatic N) is 1. The van der Waals surface area contributed by atoms with Gasteiger partial charge in [-0.1, -0.05) is 17.7 Å². The molecule has 8 heteroatoms. The molecule has 0 radical (unpaired) electrons. The minimum absolute atomic E-state index is 0.0358. The number of sulfonamides is 1. The number of rotatable bonds is 3. The SMILES string of the molecule is Cc1ccc(S(=O)(=O)N2CC(O)C[C@H]2C(=O)NN)cc1. The molecule has 1 aliphatic heterocycles. The summed E-state index contributed by atoms with van der Waals surface area (Å²) in [6.07, 6.45) is -0.841. The number of β-amino-alcohol motifs (C(OH)–C–C–N with tert-alkyl or cyclic N) is 1. The zero-order valence-electron chi connectivity index (χ0n) is 11.0. The summed E-state index contributed by atoms with van der Waals surface area (Å²) in [5, 5.41) is 9.64. The first-order chi connectivity index (χ1) is 9.36. The van der Waals surface area contributed by atoms with Crippen LogP contribution in [-0.4, -0.2) is 42.4 Å². The van der Waals surface area contributed by atoms with E-state index in [1.807, 2.05) is 12.3 Å². The van der Waals surface area contributed by atoms with Gasteiger partial charge in [0.1, 0.15) is 6.04 Å². The van der Waals surface area contributed by atoms with Crippen LogP contribution < -0.4 is 11.3 Å². The fourth-order valence-corrected chi connectivity index (χ4v) is 3.87. The molecule has 1 heterocycles. The maximum absolute atomic E-state index is 12.5. The van der Waals surface area contributed by atoms with Gasteiger partial charge in [0.15, 0.2) is 0 Å². The number of carbonyl (C=O) groups is 1. The molecular formula is C12H17N3O4S. The summed E-state index contributed by atoms with van der Waals surface area (Å²) < 4.78 is 26.0. The van der Waals surface area contributed by atoms with Gasteiger partial charge < -0.3 is 5.11 Å². The second-order valence-electron chi connectivity index (χ2n) is 4.80. The summed E-state index contributed by atoms with van der Waals surface area (Å²) >= 11 is 0. The standard InChI is InChI=1S/C12H17N3O4S/c1-8-2-4-10(5-3-8)20(18,19)15-7-9(16)6-11(15)12(17)14-13/h2-5,9,11,16H,6-7,13H2,1H3,(H,14,17)/t9?,11-/m0/s1. The third kappa shape index (κ3) is 2.68. The molecule has 20 heavy (non-hydrogen) atoms. The lowest BCUT2D eigenvalue weighted by Gasteiger charge is -2.22. The fraction of sp³-hybridized carbons (Fsp3) is 0.417. The number of nitrogens with one attached hydrogen (secondary N) is 1. The maximum Gasteiger partial charge on any atom is 0.252 e. The lowest BCUT2D eigenvalue weighted by Crippen LogP contribution is -2.47. The van der Waals surface area contributed by atoms with Crippen molar-refractivity contribution in [3.8, 4) is 0 Å². The van der Waals surface area contributed by atoms with E-state index in [0.717, 1.165) is 9.87 Å². The number of carbonyl (C=O) groups excluding carboxylic acids is 1. The highest BCUT2D eigenvalue weighted by atomic mass is 32.2. The third-order valence-electron chi connectivity index (χ3n) is 3.31. The van der Waals surface area contributed by atoms with Crippen LogP contribution in [0.5, 0.6) is 0 Å². The van der Waals surface area contributed by atoms with Crippen LogP contribution in [0.3, 0.4) is 0 Å². The van der Waals surface area contributed by atoms with Crippen molar-refractivity contribution >= 4 is 15.9 Å². The fourth-order valence-electron chi connectivity index (χ4n) is 2.23. The van der Waals surface area contributed by atoms with Gasteiger partial charge in [0.25, 0.3) is 5.91 Å². The molecule has 110 valence electrons. The van der Waals surface area contributed by atoms with E-state index in [0.29, 0.717) is 0 Å². The van der Waals surface area contributed by atoms with Crippen molar-refractivity contribution in [1.29, 1.82) is 0 Å². The monoisotopic (exact) mass is 299 g/mol. The van der Waals surface area contributed by atoms with Gasteiger partial charge in [-0.15, -0.1) is 0 Å². The van der Waals surface area contributed by atoms with E-state index in [2.05, 4.69) is 0 Å². The minimum Gasteiger partial charge on any atom is -0.392 e. The van der Waals surface area contributed by atoms with Gasteiger partial charge in [-0.3, -0.25) is 10.2 Å². The summed E-state index contributed by atoms with van der Waals surface area (Å²) in [6, 6.07) is 5.33.